The minimum atomic E-state index is -0.331. The molecule has 0 fully saturated rings. The van der Waals surface area contributed by atoms with E-state index in [0.29, 0.717) is 29.0 Å². The van der Waals surface area contributed by atoms with Gasteiger partial charge in [-0.1, -0.05) is 11.6 Å². The third kappa shape index (κ3) is 4.77. The molecular weight excluding hydrogens is 297 g/mol. The van der Waals surface area contributed by atoms with Crippen molar-refractivity contribution in [3.05, 3.63) is 22.7 Å². The number of methoxy groups -OCH3 is 1. The quantitative estimate of drug-likeness (QED) is 0.536. The highest BCUT2D eigenvalue weighted by Gasteiger charge is 2.17. The largest absolute Gasteiger partial charge is 0.493 e. The first-order valence-corrected chi connectivity index (χ1v) is 7.31. The van der Waals surface area contributed by atoms with Crippen LogP contribution in [0.5, 0.6) is 11.5 Å². The topological polar surface area (TPSA) is 42.2 Å². The van der Waals surface area contributed by atoms with Gasteiger partial charge < -0.3 is 9.47 Å². The summed E-state index contributed by atoms with van der Waals surface area (Å²) in [6.45, 7) is 4.34. The maximum absolute atomic E-state index is 8.96. The molecule has 0 aliphatic carbocycles. The lowest BCUT2D eigenvalue weighted by molar-refractivity contribution is 0.268. The molecule has 0 aromatic heterocycles. The van der Waals surface area contributed by atoms with Gasteiger partial charge in [-0.2, -0.15) is 5.26 Å². The summed E-state index contributed by atoms with van der Waals surface area (Å²) in [6, 6.07) is 5.74. The molecule has 0 saturated carbocycles. The van der Waals surface area contributed by atoms with E-state index in [0.717, 1.165) is 18.4 Å². The van der Waals surface area contributed by atoms with Crippen LogP contribution < -0.4 is 9.47 Å². The number of nitrogens with zero attached hydrogens (tertiary/aromatic N) is 1. The van der Waals surface area contributed by atoms with Crippen molar-refractivity contribution in [1.82, 2.24) is 0 Å². The molecule has 0 amide bonds. The fourth-order valence-corrected chi connectivity index (χ4v) is 2.21. The van der Waals surface area contributed by atoms with E-state index < -0.39 is 0 Å². The van der Waals surface area contributed by atoms with Gasteiger partial charge in [0.05, 0.1) is 31.1 Å². The van der Waals surface area contributed by atoms with Gasteiger partial charge in [-0.05, 0) is 32.8 Å². The van der Waals surface area contributed by atoms with Crippen molar-refractivity contribution in [2.24, 2.45) is 5.41 Å². The van der Waals surface area contributed by atoms with Crippen molar-refractivity contribution in [1.29, 1.82) is 5.26 Å². The molecule has 20 heavy (non-hydrogen) atoms. The number of alkyl halides is 1. The van der Waals surface area contributed by atoms with Gasteiger partial charge >= 0.3 is 0 Å². The minimum absolute atomic E-state index is 0.302. The Hall–Kier alpha value is -1.11. The molecule has 0 aliphatic heterocycles. The molecule has 1 rings (SSSR count). The highest BCUT2D eigenvalue weighted by Crippen LogP contribution is 2.36. The van der Waals surface area contributed by atoms with Gasteiger partial charge in [0.2, 0.25) is 0 Å². The molecule has 0 saturated heterocycles. The summed E-state index contributed by atoms with van der Waals surface area (Å²) >= 11 is 11.9. The summed E-state index contributed by atoms with van der Waals surface area (Å²) in [5, 5.41) is 9.53. The number of halogens is 2. The predicted octanol–water partition coefficient (Wildman–Crippen LogP) is 4.80. The zero-order valence-electron chi connectivity index (χ0n) is 12.0. The Morgan fingerprint density at radius 2 is 2.05 bits per heavy atom. The lowest BCUT2D eigenvalue weighted by Crippen LogP contribution is -2.10. The fourth-order valence-electron chi connectivity index (χ4n) is 1.78. The molecule has 5 heteroatoms. The van der Waals surface area contributed by atoms with E-state index in [1.807, 2.05) is 13.8 Å². The van der Waals surface area contributed by atoms with E-state index in [9.17, 15) is 0 Å². The van der Waals surface area contributed by atoms with Crippen LogP contribution in [0.4, 0.5) is 0 Å². The van der Waals surface area contributed by atoms with Crippen LogP contribution in [-0.2, 0) is 5.88 Å². The van der Waals surface area contributed by atoms with E-state index in [1.54, 1.807) is 19.2 Å². The minimum Gasteiger partial charge on any atom is -0.493 e. The average Bonchev–Trinajstić information content (AvgIpc) is 2.43. The van der Waals surface area contributed by atoms with Gasteiger partial charge in [0.1, 0.15) is 0 Å². The molecule has 0 atom stereocenters. The Labute approximate surface area is 130 Å². The zero-order valence-corrected chi connectivity index (χ0v) is 13.5. The number of ether oxygens (including phenoxy) is 2. The van der Waals surface area contributed by atoms with Crippen LogP contribution in [0.3, 0.4) is 0 Å². The van der Waals surface area contributed by atoms with Crippen molar-refractivity contribution in [3.63, 3.8) is 0 Å². The van der Waals surface area contributed by atoms with Gasteiger partial charge in [0.25, 0.3) is 0 Å². The van der Waals surface area contributed by atoms with E-state index >= 15 is 0 Å². The maximum Gasteiger partial charge on any atom is 0.165 e. The number of benzene rings is 1. The highest BCUT2D eigenvalue weighted by molar-refractivity contribution is 6.31. The van der Waals surface area contributed by atoms with Crippen LogP contribution in [0, 0.1) is 16.7 Å². The number of hydrogen-bond donors (Lipinski definition) is 0. The van der Waals surface area contributed by atoms with Crippen molar-refractivity contribution in [3.8, 4) is 17.6 Å². The van der Waals surface area contributed by atoms with Crippen molar-refractivity contribution in [2.45, 2.75) is 32.6 Å². The Kier molecular flexibility index (Phi) is 6.45. The summed E-state index contributed by atoms with van der Waals surface area (Å²) in [5.74, 6) is 1.50. The number of hydrogen-bond acceptors (Lipinski definition) is 3. The third-order valence-corrected chi connectivity index (χ3v) is 3.46. The second kappa shape index (κ2) is 7.61. The number of rotatable bonds is 7. The first-order chi connectivity index (χ1) is 9.43. The average molecular weight is 316 g/mol. The summed E-state index contributed by atoms with van der Waals surface area (Å²) in [4.78, 5) is 0. The van der Waals surface area contributed by atoms with Crippen molar-refractivity contribution < 1.29 is 9.47 Å². The lowest BCUT2D eigenvalue weighted by atomic mass is 9.90. The SMILES string of the molecule is COc1cc(Cl)cc(CCl)c1OCCCC(C)(C)C#N. The third-order valence-electron chi connectivity index (χ3n) is 2.96. The summed E-state index contributed by atoms with van der Waals surface area (Å²) < 4.78 is 11.0. The second-order valence-electron chi connectivity index (χ2n) is 5.18. The lowest BCUT2D eigenvalue weighted by Gasteiger charge is -2.17. The normalized spacial score (nSPS) is 11.0. The molecule has 0 unspecified atom stereocenters. The van der Waals surface area contributed by atoms with Crippen molar-refractivity contribution >= 4 is 23.2 Å². The van der Waals surface area contributed by atoms with E-state index in [4.69, 9.17) is 37.9 Å². The van der Waals surface area contributed by atoms with Crippen LogP contribution in [0.1, 0.15) is 32.3 Å². The molecular formula is C15H19Cl2NO2. The molecule has 3 nitrogen and oxygen atoms in total. The van der Waals surface area contributed by atoms with Crippen molar-refractivity contribution in [2.75, 3.05) is 13.7 Å². The van der Waals surface area contributed by atoms with Gasteiger partial charge in [-0.15, -0.1) is 11.6 Å². The van der Waals surface area contributed by atoms with Crippen LogP contribution in [0.25, 0.3) is 0 Å². The summed E-state index contributed by atoms with van der Waals surface area (Å²) in [6.07, 6.45) is 1.56. The predicted molar refractivity (Wildman–Crippen MR) is 81.7 cm³/mol. The highest BCUT2D eigenvalue weighted by atomic mass is 35.5. The van der Waals surface area contributed by atoms with E-state index in [-0.39, 0.29) is 5.41 Å². The van der Waals surface area contributed by atoms with Gasteiger partial charge in [-0.25, -0.2) is 0 Å². The molecule has 1 aromatic rings. The molecule has 1 aromatic carbocycles. The Morgan fingerprint density at radius 1 is 1.35 bits per heavy atom. The maximum atomic E-state index is 8.96. The monoisotopic (exact) mass is 315 g/mol. The molecule has 0 bridgehead atoms. The first-order valence-electron chi connectivity index (χ1n) is 6.40. The molecule has 0 radical (unpaired) electrons. The van der Waals surface area contributed by atoms with Gasteiger partial charge in [0, 0.05) is 16.7 Å². The summed E-state index contributed by atoms with van der Waals surface area (Å²) in [7, 11) is 1.56. The standard InChI is InChI=1S/C15H19Cl2NO2/c1-15(2,10-18)5-4-6-20-14-11(9-16)7-12(17)8-13(14)19-3/h7-8H,4-6,9H2,1-3H3. The summed E-state index contributed by atoms with van der Waals surface area (Å²) in [5.41, 5.74) is 0.471. The van der Waals surface area contributed by atoms with E-state index in [1.165, 1.54) is 0 Å². The molecule has 0 aliphatic rings. The number of nitriles is 1. The second-order valence-corrected chi connectivity index (χ2v) is 5.88. The van der Waals surface area contributed by atoms with Gasteiger partial charge in [-0.3, -0.25) is 0 Å². The fraction of sp³-hybridized carbons (Fsp3) is 0.533. The van der Waals surface area contributed by atoms with Crippen LogP contribution in [0.15, 0.2) is 12.1 Å². The molecule has 0 heterocycles. The Balaban J connectivity index is 2.70. The molecule has 0 spiro atoms. The molecule has 0 N–H and O–H groups in total. The van der Waals surface area contributed by atoms with Crippen LogP contribution in [-0.4, -0.2) is 13.7 Å². The van der Waals surface area contributed by atoms with Gasteiger partial charge in [0.15, 0.2) is 11.5 Å². The van der Waals surface area contributed by atoms with Crippen LogP contribution >= 0.6 is 23.2 Å². The van der Waals surface area contributed by atoms with E-state index in [2.05, 4.69) is 6.07 Å². The Morgan fingerprint density at radius 3 is 2.60 bits per heavy atom. The first kappa shape index (κ1) is 16.9. The Bertz CT molecular complexity index is 470. The zero-order chi connectivity index (χ0) is 15.2. The smallest absolute Gasteiger partial charge is 0.165 e. The van der Waals surface area contributed by atoms with Crippen LogP contribution in [0.2, 0.25) is 5.02 Å². The molecule has 110 valence electrons.